The van der Waals surface area contributed by atoms with Crippen molar-refractivity contribution in [1.82, 2.24) is 4.98 Å². The van der Waals surface area contributed by atoms with Crippen molar-refractivity contribution in [3.63, 3.8) is 0 Å². The molecule has 1 aliphatic rings. The molecule has 0 aliphatic carbocycles. The maximum absolute atomic E-state index is 4.60. The van der Waals surface area contributed by atoms with Gasteiger partial charge in [0.15, 0.2) is 0 Å². The third-order valence-corrected chi connectivity index (χ3v) is 3.09. The molecule has 0 bridgehead atoms. The van der Waals surface area contributed by atoms with E-state index >= 15 is 0 Å². The number of benzene rings is 1. The molecule has 0 unspecified atom stereocenters. The zero-order chi connectivity index (χ0) is 11.8. The Bertz CT molecular complexity index is 598. The van der Waals surface area contributed by atoms with Gasteiger partial charge in [0.2, 0.25) is 0 Å². The number of aryl methyl sites for hydroxylation is 1. The second kappa shape index (κ2) is 3.81. The Kier molecular flexibility index (Phi) is 2.29. The lowest BCUT2D eigenvalue weighted by atomic mass is 9.96. The van der Waals surface area contributed by atoms with Crippen molar-refractivity contribution in [3.8, 4) is 11.1 Å². The van der Waals surface area contributed by atoms with E-state index in [0.717, 1.165) is 12.1 Å². The average Bonchev–Trinajstić information content (AvgIpc) is 2.69. The minimum Gasteiger partial charge on any atom is -0.264 e. The third-order valence-electron chi connectivity index (χ3n) is 3.09. The van der Waals surface area contributed by atoms with Crippen LogP contribution in [0.15, 0.2) is 41.7 Å². The number of hydrogen-bond acceptors (Lipinski definition) is 2. The summed E-state index contributed by atoms with van der Waals surface area (Å²) < 4.78 is 0. The first-order chi connectivity index (χ1) is 8.24. The van der Waals surface area contributed by atoms with Gasteiger partial charge >= 0.3 is 0 Å². The van der Waals surface area contributed by atoms with Crippen LogP contribution in [0.3, 0.4) is 0 Å². The van der Waals surface area contributed by atoms with Gasteiger partial charge in [-0.15, -0.1) is 0 Å². The number of aliphatic imine (C=N–C) groups is 1. The Labute approximate surface area is 101 Å². The molecule has 17 heavy (non-hydrogen) atoms. The van der Waals surface area contributed by atoms with Crippen LogP contribution in [0.2, 0.25) is 0 Å². The van der Waals surface area contributed by atoms with Gasteiger partial charge in [0, 0.05) is 30.1 Å². The average molecular weight is 222 g/mol. The van der Waals surface area contributed by atoms with Crippen molar-refractivity contribution in [2.75, 3.05) is 0 Å². The highest BCUT2D eigenvalue weighted by Gasteiger charge is 2.17. The van der Waals surface area contributed by atoms with Crippen molar-refractivity contribution in [1.29, 1.82) is 0 Å². The highest BCUT2D eigenvalue weighted by atomic mass is 14.8. The largest absolute Gasteiger partial charge is 0.264 e. The molecule has 0 radical (unpaired) electrons. The second-order valence-electron chi connectivity index (χ2n) is 4.58. The summed E-state index contributed by atoms with van der Waals surface area (Å²) in [6.45, 7) is 4.20. The molecule has 0 fully saturated rings. The van der Waals surface area contributed by atoms with E-state index < -0.39 is 0 Å². The fraction of sp³-hybridized carbons (Fsp3) is 0.200. The van der Waals surface area contributed by atoms with Crippen molar-refractivity contribution < 1.29 is 0 Å². The minimum atomic E-state index is 0.958. The van der Waals surface area contributed by atoms with Gasteiger partial charge in [-0.05, 0) is 42.7 Å². The highest BCUT2D eigenvalue weighted by Crippen LogP contribution is 2.36. The van der Waals surface area contributed by atoms with Crippen LogP contribution in [0.25, 0.3) is 11.1 Å². The van der Waals surface area contributed by atoms with Gasteiger partial charge in [-0.25, -0.2) is 0 Å². The molecule has 2 heteroatoms. The van der Waals surface area contributed by atoms with Crippen LogP contribution < -0.4 is 0 Å². The SMILES string of the molecule is CC1=Nc2cc(C)cc(-c3cccnc3)c2C1. The van der Waals surface area contributed by atoms with E-state index in [1.807, 2.05) is 12.3 Å². The summed E-state index contributed by atoms with van der Waals surface area (Å²) in [5, 5.41) is 0. The first-order valence-corrected chi connectivity index (χ1v) is 5.82. The fourth-order valence-corrected chi connectivity index (χ4v) is 2.36. The number of aromatic nitrogens is 1. The number of nitrogens with zero attached hydrogens (tertiary/aromatic N) is 2. The van der Waals surface area contributed by atoms with Crippen molar-refractivity contribution in [2.45, 2.75) is 20.3 Å². The van der Waals surface area contributed by atoms with Crippen LogP contribution in [0.5, 0.6) is 0 Å². The van der Waals surface area contributed by atoms with E-state index in [9.17, 15) is 0 Å². The van der Waals surface area contributed by atoms with Crippen molar-refractivity contribution in [3.05, 3.63) is 47.8 Å². The smallest absolute Gasteiger partial charge is 0.0673 e. The molecular weight excluding hydrogens is 208 g/mol. The lowest BCUT2D eigenvalue weighted by Crippen LogP contribution is -1.93. The maximum Gasteiger partial charge on any atom is 0.0673 e. The first-order valence-electron chi connectivity index (χ1n) is 5.82. The molecule has 3 rings (SSSR count). The van der Waals surface area contributed by atoms with E-state index in [1.54, 1.807) is 6.20 Å². The molecule has 1 aromatic heterocycles. The second-order valence-corrected chi connectivity index (χ2v) is 4.58. The van der Waals surface area contributed by atoms with Crippen molar-refractivity contribution in [2.24, 2.45) is 4.99 Å². The Balaban J connectivity index is 2.21. The predicted molar refractivity (Wildman–Crippen MR) is 70.9 cm³/mol. The number of fused-ring (bicyclic) bond motifs is 1. The Morgan fingerprint density at radius 3 is 2.82 bits per heavy atom. The normalized spacial score (nSPS) is 13.4. The van der Waals surface area contributed by atoms with Gasteiger partial charge in [0.1, 0.15) is 0 Å². The van der Waals surface area contributed by atoms with Crippen LogP contribution in [0, 0.1) is 6.92 Å². The molecule has 2 aromatic rings. The van der Waals surface area contributed by atoms with E-state index in [0.29, 0.717) is 0 Å². The fourth-order valence-electron chi connectivity index (χ4n) is 2.36. The third kappa shape index (κ3) is 1.76. The molecular formula is C15H14N2. The van der Waals surface area contributed by atoms with Gasteiger partial charge in [0.25, 0.3) is 0 Å². The van der Waals surface area contributed by atoms with Crippen LogP contribution in [0.1, 0.15) is 18.1 Å². The topological polar surface area (TPSA) is 25.2 Å². The molecule has 0 saturated heterocycles. The molecule has 0 saturated carbocycles. The van der Waals surface area contributed by atoms with Gasteiger partial charge in [-0.3, -0.25) is 9.98 Å². The van der Waals surface area contributed by atoms with E-state index in [-0.39, 0.29) is 0 Å². The van der Waals surface area contributed by atoms with Crippen LogP contribution in [-0.4, -0.2) is 10.7 Å². The molecule has 0 spiro atoms. The van der Waals surface area contributed by atoms with Gasteiger partial charge in [-0.2, -0.15) is 0 Å². The van der Waals surface area contributed by atoms with Crippen LogP contribution in [0.4, 0.5) is 5.69 Å². The highest BCUT2D eigenvalue weighted by molar-refractivity contribution is 5.95. The molecule has 0 atom stereocenters. The van der Waals surface area contributed by atoms with E-state index in [1.165, 1.54) is 28.0 Å². The first kappa shape index (κ1) is 10.2. The van der Waals surface area contributed by atoms with Gasteiger partial charge in [0.05, 0.1) is 5.69 Å². The van der Waals surface area contributed by atoms with Crippen LogP contribution >= 0.6 is 0 Å². The molecule has 2 heterocycles. The van der Waals surface area contributed by atoms with E-state index in [2.05, 4.69) is 42.0 Å². The van der Waals surface area contributed by atoms with Crippen LogP contribution in [-0.2, 0) is 6.42 Å². The number of pyridine rings is 1. The van der Waals surface area contributed by atoms with Crippen molar-refractivity contribution >= 4 is 11.4 Å². The quantitative estimate of drug-likeness (QED) is 0.722. The summed E-state index contributed by atoms with van der Waals surface area (Å²) in [6, 6.07) is 8.47. The van der Waals surface area contributed by atoms with Gasteiger partial charge in [-0.1, -0.05) is 12.1 Å². The summed E-state index contributed by atoms with van der Waals surface area (Å²) in [5.41, 5.74) is 7.35. The number of rotatable bonds is 1. The minimum absolute atomic E-state index is 0.958. The lowest BCUT2D eigenvalue weighted by molar-refractivity contribution is 1.30. The van der Waals surface area contributed by atoms with E-state index in [4.69, 9.17) is 0 Å². The zero-order valence-corrected chi connectivity index (χ0v) is 10.1. The lowest BCUT2D eigenvalue weighted by Gasteiger charge is -2.09. The summed E-state index contributed by atoms with van der Waals surface area (Å²) in [4.78, 5) is 8.79. The molecule has 84 valence electrons. The zero-order valence-electron chi connectivity index (χ0n) is 10.1. The Morgan fingerprint density at radius 1 is 1.18 bits per heavy atom. The molecule has 2 nitrogen and oxygen atoms in total. The molecule has 1 aromatic carbocycles. The molecule has 0 amide bonds. The monoisotopic (exact) mass is 222 g/mol. The molecule has 0 N–H and O–H groups in total. The summed E-state index contributed by atoms with van der Waals surface area (Å²) in [5.74, 6) is 0. The predicted octanol–water partition coefficient (Wildman–Crippen LogP) is 3.71. The standard InChI is InChI=1S/C15H14N2/c1-10-6-13(12-4-3-5-16-9-12)14-8-11(2)17-15(14)7-10/h3-7,9H,8H2,1-2H3. The number of hydrogen-bond donors (Lipinski definition) is 0. The summed E-state index contributed by atoms with van der Waals surface area (Å²) >= 11 is 0. The summed E-state index contributed by atoms with van der Waals surface area (Å²) in [7, 11) is 0. The summed E-state index contributed by atoms with van der Waals surface area (Å²) in [6.07, 6.45) is 4.68. The molecule has 1 aliphatic heterocycles. The maximum atomic E-state index is 4.60. The Morgan fingerprint density at radius 2 is 2.06 bits per heavy atom. The Hall–Kier alpha value is -1.96. The van der Waals surface area contributed by atoms with Gasteiger partial charge < -0.3 is 0 Å².